The van der Waals surface area contributed by atoms with E-state index in [1.54, 1.807) is 18.3 Å². The van der Waals surface area contributed by atoms with Crippen molar-refractivity contribution >= 4 is 17.3 Å². The maximum atomic E-state index is 12.8. The van der Waals surface area contributed by atoms with Gasteiger partial charge in [-0.2, -0.15) is 0 Å². The zero-order valence-corrected chi connectivity index (χ0v) is 19.8. The summed E-state index contributed by atoms with van der Waals surface area (Å²) in [4.78, 5) is 30.6. The third-order valence-electron chi connectivity index (χ3n) is 5.81. The predicted molar refractivity (Wildman–Crippen MR) is 134 cm³/mol. The van der Waals surface area contributed by atoms with Crippen LogP contribution in [0.15, 0.2) is 66.9 Å². The van der Waals surface area contributed by atoms with Gasteiger partial charge in [-0.25, -0.2) is 0 Å². The number of nitro benzene ring substituents is 1. The Hall–Kier alpha value is -3.78. The van der Waals surface area contributed by atoms with E-state index in [9.17, 15) is 14.9 Å². The smallest absolute Gasteiger partial charge is 0.293 e. The van der Waals surface area contributed by atoms with Crippen molar-refractivity contribution < 1.29 is 9.72 Å². The molecule has 34 heavy (non-hydrogen) atoms. The van der Waals surface area contributed by atoms with E-state index in [4.69, 9.17) is 0 Å². The molecule has 178 valence electrons. The SMILES string of the molecule is CCN(CC)Cc1ccccc1CNC(=O)c1ccc(NC(C)c2ccccn2)c([N+](=O)[O-])c1. The van der Waals surface area contributed by atoms with Crippen molar-refractivity contribution in [2.45, 2.75) is 39.9 Å². The van der Waals surface area contributed by atoms with Gasteiger partial charge in [-0.1, -0.05) is 44.2 Å². The van der Waals surface area contributed by atoms with E-state index in [0.29, 0.717) is 12.2 Å². The van der Waals surface area contributed by atoms with Crippen LogP contribution in [0.4, 0.5) is 11.4 Å². The molecule has 0 saturated heterocycles. The minimum absolute atomic E-state index is 0.155. The van der Waals surface area contributed by atoms with E-state index >= 15 is 0 Å². The van der Waals surface area contributed by atoms with Crippen LogP contribution in [0.1, 0.15) is 54.0 Å². The first kappa shape index (κ1) is 24.9. The van der Waals surface area contributed by atoms with Crippen LogP contribution in [0, 0.1) is 10.1 Å². The molecule has 0 bridgehead atoms. The summed E-state index contributed by atoms with van der Waals surface area (Å²) in [6.07, 6.45) is 1.68. The number of hydrogen-bond acceptors (Lipinski definition) is 6. The maximum absolute atomic E-state index is 12.8. The first-order valence-electron chi connectivity index (χ1n) is 11.5. The fraction of sp³-hybridized carbons (Fsp3) is 0.308. The average Bonchev–Trinajstić information content (AvgIpc) is 2.86. The minimum Gasteiger partial charge on any atom is -0.371 e. The van der Waals surface area contributed by atoms with Gasteiger partial charge in [0, 0.05) is 30.9 Å². The molecule has 0 aliphatic carbocycles. The van der Waals surface area contributed by atoms with Crippen LogP contribution in [-0.2, 0) is 13.1 Å². The van der Waals surface area contributed by atoms with Crippen molar-refractivity contribution in [2.24, 2.45) is 0 Å². The molecule has 8 nitrogen and oxygen atoms in total. The number of carbonyl (C=O) groups is 1. The van der Waals surface area contributed by atoms with E-state index < -0.39 is 4.92 Å². The number of carbonyl (C=O) groups excluding carboxylic acids is 1. The quantitative estimate of drug-likeness (QED) is 0.310. The summed E-state index contributed by atoms with van der Waals surface area (Å²) in [7, 11) is 0. The van der Waals surface area contributed by atoms with Crippen LogP contribution in [0.5, 0.6) is 0 Å². The van der Waals surface area contributed by atoms with E-state index in [1.807, 2.05) is 43.3 Å². The summed E-state index contributed by atoms with van der Waals surface area (Å²) in [6.45, 7) is 9.16. The fourth-order valence-electron chi connectivity index (χ4n) is 3.74. The van der Waals surface area contributed by atoms with E-state index in [2.05, 4.69) is 40.4 Å². The van der Waals surface area contributed by atoms with Gasteiger partial charge in [-0.15, -0.1) is 0 Å². The molecule has 0 aliphatic heterocycles. The van der Waals surface area contributed by atoms with Crippen molar-refractivity contribution in [3.63, 3.8) is 0 Å². The van der Waals surface area contributed by atoms with Crippen LogP contribution < -0.4 is 10.6 Å². The van der Waals surface area contributed by atoms with Gasteiger partial charge in [0.15, 0.2) is 0 Å². The molecule has 3 rings (SSSR count). The van der Waals surface area contributed by atoms with E-state index in [-0.39, 0.29) is 23.2 Å². The van der Waals surface area contributed by atoms with Crippen LogP contribution in [-0.4, -0.2) is 33.8 Å². The van der Waals surface area contributed by atoms with Crippen molar-refractivity contribution in [1.29, 1.82) is 0 Å². The van der Waals surface area contributed by atoms with Gasteiger partial charge < -0.3 is 10.6 Å². The Balaban J connectivity index is 1.72. The molecule has 0 spiro atoms. The molecule has 1 heterocycles. The standard InChI is InChI=1S/C26H31N5O3/c1-4-30(5-2)18-22-11-7-6-10-21(22)17-28-26(32)20-13-14-24(25(16-20)31(33)34)29-19(3)23-12-8-9-15-27-23/h6-16,19,29H,4-5,17-18H2,1-3H3,(H,28,32). The van der Waals surface area contributed by atoms with E-state index in [0.717, 1.165) is 36.5 Å². The van der Waals surface area contributed by atoms with Crippen LogP contribution in [0.3, 0.4) is 0 Å². The summed E-state index contributed by atoms with van der Waals surface area (Å²) in [5.74, 6) is -0.356. The molecule has 0 fully saturated rings. The number of aromatic nitrogens is 1. The number of rotatable bonds is 11. The average molecular weight is 462 g/mol. The lowest BCUT2D eigenvalue weighted by atomic mass is 10.1. The second kappa shape index (κ2) is 11.9. The largest absolute Gasteiger partial charge is 0.371 e. The highest BCUT2D eigenvalue weighted by Crippen LogP contribution is 2.29. The summed E-state index contributed by atoms with van der Waals surface area (Å²) in [5.41, 5.74) is 3.37. The van der Waals surface area contributed by atoms with E-state index in [1.165, 1.54) is 6.07 Å². The van der Waals surface area contributed by atoms with Gasteiger partial charge in [-0.05, 0) is 55.4 Å². The lowest BCUT2D eigenvalue weighted by Gasteiger charge is -2.20. The molecule has 0 radical (unpaired) electrons. The molecule has 1 atom stereocenters. The topological polar surface area (TPSA) is 100 Å². The molecule has 0 aliphatic rings. The number of benzene rings is 2. The monoisotopic (exact) mass is 461 g/mol. The first-order chi connectivity index (χ1) is 16.4. The Morgan fingerprint density at radius 1 is 1.06 bits per heavy atom. The van der Waals surface area contributed by atoms with Crippen LogP contribution >= 0.6 is 0 Å². The highest BCUT2D eigenvalue weighted by Gasteiger charge is 2.20. The summed E-state index contributed by atoms with van der Waals surface area (Å²) in [6, 6.07) is 17.8. The van der Waals surface area contributed by atoms with Gasteiger partial charge in [0.1, 0.15) is 5.69 Å². The molecular formula is C26H31N5O3. The van der Waals surface area contributed by atoms with Crippen molar-refractivity contribution in [3.8, 4) is 0 Å². The lowest BCUT2D eigenvalue weighted by molar-refractivity contribution is -0.384. The van der Waals surface area contributed by atoms with Gasteiger partial charge in [0.25, 0.3) is 11.6 Å². The molecule has 2 aromatic carbocycles. The summed E-state index contributed by atoms with van der Waals surface area (Å²) < 4.78 is 0. The molecule has 1 unspecified atom stereocenters. The summed E-state index contributed by atoms with van der Waals surface area (Å²) in [5, 5.41) is 17.7. The van der Waals surface area contributed by atoms with Crippen molar-refractivity contribution in [3.05, 3.63) is 99.4 Å². The third-order valence-corrected chi connectivity index (χ3v) is 5.81. The zero-order chi connectivity index (χ0) is 24.5. The maximum Gasteiger partial charge on any atom is 0.293 e. The van der Waals surface area contributed by atoms with Crippen LogP contribution in [0.2, 0.25) is 0 Å². The Bertz CT molecular complexity index is 1120. The zero-order valence-electron chi connectivity index (χ0n) is 19.8. The number of hydrogen-bond donors (Lipinski definition) is 2. The highest BCUT2D eigenvalue weighted by molar-refractivity contribution is 5.95. The van der Waals surface area contributed by atoms with Crippen LogP contribution in [0.25, 0.3) is 0 Å². The number of nitrogens with one attached hydrogen (secondary N) is 2. The number of pyridine rings is 1. The normalized spacial score (nSPS) is 11.8. The number of amides is 1. The third kappa shape index (κ3) is 6.39. The predicted octanol–water partition coefficient (Wildman–Crippen LogP) is 4.93. The second-order valence-electron chi connectivity index (χ2n) is 8.02. The Morgan fingerprint density at radius 2 is 1.76 bits per heavy atom. The molecule has 1 amide bonds. The minimum atomic E-state index is -0.483. The van der Waals surface area contributed by atoms with Gasteiger partial charge in [0.2, 0.25) is 0 Å². The highest BCUT2D eigenvalue weighted by atomic mass is 16.6. The Labute approximate surface area is 200 Å². The Morgan fingerprint density at radius 3 is 2.41 bits per heavy atom. The number of nitro groups is 1. The lowest BCUT2D eigenvalue weighted by Crippen LogP contribution is -2.26. The van der Waals surface area contributed by atoms with Gasteiger partial charge in [0.05, 0.1) is 16.7 Å². The molecule has 0 saturated carbocycles. The fourth-order valence-corrected chi connectivity index (χ4v) is 3.74. The Kier molecular flexibility index (Phi) is 8.70. The van der Waals surface area contributed by atoms with Gasteiger partial charge in [-0.3, -0.25) is 24.8 Å². The van der Waals surface area contributed by atoms with Crippen molar-refractivity contribution in [1.82, 2.24) is 15.2 Å². The molecular weight excluding hydrogens is 430 g/mol. The molecule has 1 aromatic heterocycles. The molecule has 8 heteroatoms. The number of anilines is 1. The van der Waals surface area contributed by atoms with Gasteiger partial charge >= 0.3 is 0 Å². The number of nitrogens with zero attached hydrogens (tertiary/aromatic N) is 3. The first-order valence-corrected chi connectivity index (χ1v) is 11.5. The van der Waals surface area contributed by atoms with Crippen molar-refractivity contribution in [2.75, 3.05) is 18.4 Å². The molecule has 2 N–H and O–H groups in total. The summed E-state index contributed by atoms with van der Waals surface area (Å²) >= 11 is 0. The molecule has 3 aromatic rings. The second-order valence-corrected chi connectivity index (χ2v) is 8.02.